The van der Waals surface area contributed by atoms with Gasteiger partial charge < -0.3 is 15.7 Å². The molecule has 0 aromatic heterocycles. The smallest absolute Gasteiger partial charge is 0.238 e. The highest BCUT2D eigenvalue weighted by atomic mass is 16.3. The van der Waals surface area contributed by atoms with E-state index in [4.69, 9.17) is 0 Å². The third kappa shape index (κ3) is 3.25. The quantitative estimate of drug-likeness (QED) is 0.650. The number of benzene rings is 1. The lowest BCUT2D eigenvalue weighted by molar-refractivity contribution is -0.115. The van der Waals surface area contributed by atoms with Crippen LogP contribution in [0.15, 0.2) is 18.2 Å². The van der Waals surface area contributed by atoms with E-state index in [2.05, 4.69) is 10.6 Å². The number of likely N-dealkylation sites (N-methyl/N-ethyl adjacent to an activating group) is 1. The van der Waals surface area contributed by atoms with E-state index < -0.39 is 0 Å². The number of aryl methyl sites for hydroxylation is 1. The summed E-state index contributed by atoms with van der Waals surface area (Å²) in [6, 6.07) is 5.21. The van der Waals surface area contributed by atoms with Gasteiger partial charge >= 0.3 is 0 Å². The lowest BCUT2D eigenvalue weighted by atomic mass is 10.1. The fourth-order valence-electron chi connectivity index (χ4n) is 1.26. The summed E-state index contributed by atoms with van der Waals surface area (Å²) in [5, 5.41) is 14.9. The fourth-order valence-corrected chi connectivity index (χ4v) is 1.26. The standard InChI is InChI=1S/C11H16N2O2/c1-3-8-4-5-10(14)9(6-8)13-11(15)7-12-2/h4-6,12,14H,3,7H2,1-2H3,(H,13,15). The summed E-state index contributed by atoms with van der Waals surface area (Å²) in [4.78, 5) is 11.3. The number of hydrogen-bond acceptors (Lipinski definition) is 3. The lowest BCUT2D eigenvalue weighted by Crippen LogP contribution is -2.25. The molecule has 1 aromatic carbocycles. The molecular formula is C11H16N2O2. The Morgan fingerprint density at radius 2 is 2.20 bits per heavy atom. The van der Waals surface area contributed by atoms with Crippen LogP contribution >= 0.6 is 0 Å². The largest absolute Gasteiger partial charge is 0.506 e. The van der Waals surface area contributed by atoms with E-state index in [1.54, 1.807) is 19.2 Å². The van der Waals surface area contributed by atoms with Gasteiger partial charge in [0.25, 0.3) is 0 Å². The predicted molar refractivity (Wildman–Crippen MR) is 60.0 cm³/mol. The zero-order chi connectivity index (χ0) is 11.3. The average molecular weight is 208 g/mol. The van der Waals surface area contributed by atoms with Gasteiger partial charge in [0.1, 0.15) is 5.75 Å². The maximum absolute atomic E-state index is 11.3. The van der Waals surface area contributed by atoms with Crippen molar-refractivity contribution < 1.29 is 9.90 Å². The molecule has 3 N–H and O–H groups in total. The Hall–Kier alpha value is -1.55. The minimum absolute atomic E-state index is 0.0941. The summed E-state index contributed by atoms with van der Waals surface area (Å²) in [6.07, 6.45) is 0.870. The Labute approximate surface area is 89.3 Å². The number of phenols is 1. The maximum Gasteiger partial charge on any atom is 0.238 e. The highest BCUT2D eigenvalue weighted by Gasteiger charge is 2.05. The number of carbonyl (C=O) groups is 1. The van der Waals surface area contributed by atoms with Gasteiger partial charge in [-0.2, -0.15) is 0 Å². The van der Waals surface area contributed by atoms with Gasteiger partial charge in [-0.3, -0.25) is 4.79 Å². The third-order valence-corrected chi connectivity index (χ3v) is 2.08. The normalized spacial score (nSPS) is 10.0. The second-order valence-corrected chi connectivity index (χ2v) is 3.28. The van der Waals surface area contributed by atoms with Gasteiger partial charge in [0.15, 0.2) is 0 Å². The number of amides is 1. The van der Waals surface area contributed by atoms with E-state index in [0.29, 0.717) is 5.69 Å². The number of aromatic hydroxyl groups is 1. The van der Waals surface area contributed by atoms with Crippen LogP contribution in [0, 0.1) is 0 Å². The molecule has 0 spiro atoms. The summed E-state index contributed by atoms with van der Waals surface area (Å²) < 4.78 is 0. The van der Waals surface area contributed by atoms with Crippen LogP contribution in [0.25, 0.3) is 0 Å². The van der Waals surface area contributed by atoms with Gasteiger partial charge in [-0.05, 0) is 31.2 Å². The molecule has 4 nitrogen and oxygen atoms in total. The number of hydrogen-bond donors (Lipinski definition) is 3. The van der Waals surface area contributed by atoms with E-state index in [0.717, 1.165) is 12.0 Å². The molecule has 0 saturated heterocycles. The lowest BCUT2D eigenvalue weighted by Gasteiger charge is -2.08. The van der Waals surface area contributed by atoms with Gasteiger partial charge in [0.05, 0.1) is 12.2 Å². The minimum atomic E-state index is -0.166. The minimum Gasteiger partial charge on any atom is -0.506 e. The zero-order valence-electron chi connectivity index (χ0n) is 9.00. The van der Waals surface area contributed by atoms with Crippen molar-refractivity contribution in [2.45, 2.75) is 13.3 Å². The predicted octanol–water partition coefficient (Wildman–Crippen LogP) is 1.11. The number of nitrogens with one attached hydrogen (secondary N) is 2. The number of phenolic OH excluding ortho intramolecular Hbond substituents is 1. The van der Waals surface area contributed by atoms with E-state index in [9.17, 15) is 9.90 Å². The zero-order valence-corrected chi connectivity index (χ0v) is 9.00. The molecule has 15 heavy (non-hydrogen) atoms. The van der Waals surface area contributed by atoms with E-state index in [1.807, 2.05) is 13.0 Å². The topological polar surface area (TPSA) is 61.4 Å². The monoisotopic (exact) mass is 208 g/mol. The summed E-state index contributed by atoms with van der Waals surface area (Å²) in [7, 11) is 1.70. The molecule has 1 amide bonds. The second kappa shape index (κ2) is 5.36. The molecule has 0 saturated carbocycles. The van der Waals surface area contributed by atoms with Crippen LogP contribution in [-0.2, 0) is 11.2 Å². The van der Waals surface area contributed by atoms with Gasteiger partial charge in [0, 0.05) is 0 Å². The number of carbonyl (C=O) groups excluding carboxylic acids is 1. The molecule has 0 unspecified atom stereocenters. The molecule has 0 atom stereocenters. The average Bonchev–Trinajstić information content (AvgIpc) is 2.21. The molecule has 0 aliphatic rings. The Morgan fingerprint density at radius 3 is 2.80 bits per heavy atom. The van der Waals surface area contributed by atoms with Crippen LogP contribution in [0.4, 0.5) is 5.69 Å². The van der Waals surface area contributed by atoms with Crippen LogP contribution in [0.5, 0.6) is 5.75 Å². The Balaban J connectivity index is 2.79. The third-order valence-electron chi connectivity index (χ3n) is 2.08. The molecular weight excluding hydrogens is 192 g/mol. The van der Waals surface area contributed by atoms with Crippen LogP contribution in [0.2, 0.25) is 0 Å². The highest BCUT2D eigenvalue weighted by Crippen LogP contribution is 2.24. The Kier molecular flexibility index (Phi) is 4.12. The SMILES string of the molecule is CCc1ccc(O)c(NC(=O)CNC)c1. The fraction of sp³-hybridized carbons (Fsp3) is 0.364. The molecule has 0 aliphatic carbocycles. The van der Waals surface area contributed by atoms with Gasteiger partial charge in [-0.25, -0.2) is 0 Å². The van der Waals surface area contributed by atoms with Crippen molar-refractivity contribution >= 4 is 11.6 Å². The van der Waals surface area contributed by atoms with Gasteiger partial charge in [-0.1, -0.05) is 13.0 Å². The molecule has 4 heteroatoms. The van der Waals surface area contributed by atoms with Crippen molar-refractivity contribution in [2.75, 3.05) is 18.9 Å². The summed E-state index contributed by atoms with van der Waals surface area (Å²) in [5.41, 5.74) is 1.54. The first kappa shape index (κ1) is 11.5. The summed E-state index contributed by atoms with van der Waals surface area (Å²) in [5.74, 6) is -0.0716. The van der Waals surface area contributed by atoms with Crippen molar-refractivity contribution in [1.82, 2.24) is 5.32 Å². The molecule has 0 fully saturated rings. The van der Waals surface area contributed by atoms with E-state index >= 15 is 0 Å². The van der Waals surface area contributed by atoms with Gasteiger partial charge in [0.2, 0.25) is 5.91 Å². The van der Waals surface area contributed by atoms with Crippen molar-refractivity contribution in [3.63, 3.8) is 0 Å². The highest BCUT2D eigenvalue weighted by molar-refractivity contribution is 5.93. The molecule has 0 aliphatic heterocycles. The van der Waals surface area contributed by atoms with Gasteiger partial charge in [-0.15, -0.1) is 0 Å². The second-order valence-electron chi connectivity index (χ2n) is 3.28. The van der Waals surface area contributed by atoms with E-state index in [1.165, 1.54) is 0 Å². The molecule has 1 aromatic rings. The Bertz CT molecular complexity index is 350. The first-order valence-corrected chi connectivity index (χ1v) is 4.93. The van der Waals surface area contributed by atoms with Crippen LogP contribution in [-0.4, -0.2) is 24.6 Å². The molecule has 0 bridgehead atoms. The number of rotatable bonds is 4. The number of anilines is 1. The van der Waals surface area contributed by atoms with Crippen molar-refractivity contribution in [2.24, 2.45) is 0 Å². The molecule has 82 valence electrons. The van der Waals surface area contributed by atoms with Crippen LogP contribution in [0.1, 0.15) is 12.5 Å². The first-order valence-electron chi connectivity index (χ1n) is 4.93. The maximum atomic E-state index is 11.3. The molecule has 1 rings (SSSR count). The van der Waals surface area contributed by atoms with Crippen LogP contribution in [0.3, 0.4) is 0 Å². The summed E-state index contributed by atoms with van der Waals surface area (Å²) in [6.45, 7) is 2.25. The van der Waals surface area contributed by atoms with Crippen molar-refractivity contribution in [3.8, 4) is 5.75 Å². The van der Waals surface area contributed by atoms with E-state index in [-0.39, 0.29) is 18.2 Å². The molecule has 0 heterocycles. The van der Waals surface area contributed by atoms with Crippen molar-refractivity contribution in [3.05, 3.63) is 23.8 Å². The Morgan fingerprint density at radius 1 is 1.47 bits per heavy atom. The first-order chi connectivity index (χ1) is 7.17. The van der Waals surface area contributed by atoms with Crippen LogP contribution < -0.4 is 10.6 Å². The van der Waals surface area contributed by atoms with Crippen molar-refractivity contribution in [1.29, 1.82) is 0 Å². The molecule has 0 radical (unpaired) electrons. The summed E-state index contributed by atoms with van der Waals surface area (Å²) >= 11 is 0.